The fourth-order valence-electron chi connectivity index (χ4n) is 1.78. The van der Waals surface area contributed by atoms with Crippen molar-refractivity contribution in [3.8, 4) is 0 Å². The van der Waals surface area contributed by atoms with E-state index in [0.717, 1.165) is 12.8 Å². The van der Waals surface area contributed by atoms with Gasteiger partial charge in [-0.2, -0.15) is 0 Å². The van der Waals surface area contributed by atoms with Crippen molar-refractivity contribution >= 4 is 29.2 Å². The summed E-state index contributed by atoms with van der Waals surface area (Å²) in [5, 5.41) is 8.83. The monoisotopic (exact) mass is 310 g/mol. The molecule has 2 rings (SSSR count). The topological polar surface area (TPSA) is 83.1 Å². The number of anilines is 1. The molecule has 2 amide bonds. The number of carbonyl (C=O) groups is 2. The Balaban J connectivity index is 1.84. The van der Waals surface area contributed by atoms with Gasteiger partial charge in [-0.25, -0.2) is 4.98 Å². The number of nitrogens with zero attached hydrogens (tertiary/aromatic N) is 1. The van der Waals surface area contributed by atoms with Gasteiger partial charge >= 0.3 is 0 Å². The normalized spacial score (nSPS) is 13.6. The van der Waals surface area contributed by atoms with Crippen LogP contribution in [0.3, 0.4) is 0 Å². The number of halogens is 1. The van der Waals surface area contributed by atoms with E-state index in [4.69, 9.17) is 11.6 Å². The first kappa shape index (κ1) is 15.6. The van der Waals surface area contributed by atoms with E-state index in [9.17, 15) is 9.59 Å². The lowest BCUT2D eigenvalue weighted by Gasteiger charge is -2.08. The van der Waals surface area contributed by atoms with Crippen molar-refractivity contribution in [3.63, 3.8) is 0 Å². The standard InChI is InChI=1S/C14H19ClN4O2/c1-2-16-11-6-5-10(15)13(19-11)14(21)17-8-7-12(20)18-9-3-4-9/h5-6,9H,2-4,7-8H2,1H3,(H,16,19)(H,17,21)(H,18,20). The second-order valence-corrected chi connectivity index (χ2v) is 5.31. The third kappa shape index (κ3) is 4.90. The lowest BCUT2D eigenvalue weighted by atomic mass is 10.3. The summed E-state index contributed by atoms with van der Waals surface area (Å²) in [4.78, 5) is 27.7. The first-order chi connectivity index (χ1) is 10.1. The zero-order chi connectivity index (χ0) is 15.2. The van der Waals surface area contributed by atoms with E-state index in [1.54, 1.807) is 12.1 Å². The molecule has 1 aliphatic carbocycles. The van der Waals surface area contributed by atoms with Crippen molar-refractivity contribution in [2.24, 2.45) is 0 Å². The molecular weight excluding hydrogens is 292 g/mol. The maximum absolute atomic E-state index is 12.0. The number of carbonyl (C=O) groups excluding carboxylic acids is 2. The van der Waals surface area contributed by atoms with Gasteiger partial charge in [-0.1, -0.05) is 11.6 Å². The number of rotatable bonds is 7. The van der Waals surface area contributed by atoms with E-state index in [2.05, 4.69) is 20.9 Å². The Hall–Kier alpha value is -1.82. The van der Waals surface area contributed by atoms with Crippen LogP contribution in [0.25, 0.3) is 0 Å². The van der Waals surface area contributed by atoms with E-state index in [0.29, 0.717) is 18.4 Å². The van der Waals surface area contributed by atoms with Gasteiger partial charge in [-0.05, 0) is 31.9 Å². The molecule has 21 heavy (non-hydrogen) atoms. The molecule has 0 saturated heterocycles. The van der Waals surface area contributed by atoms with Gasteiger partial charge in [0, 0.05) is 25.6 Å². The van der Waals surface area contributed by atoms with E-state index in [-0.39, 0.29) is 35.5 Å². The lowest BCUT2D eigenvalue weighted by molar-refractivity contribution is -0.121. The van der Waals surface area contributed by atoms with Gasteiger partial charge in [0.2, 0.25) is 5.91 Å². The van der Waals surface area contributed by atoms with Gasteiger partial charge in [-0.3, -0.25) is 9.59 Å². The van der Waals surface area contributed by atoms with Crippen molar-refractivity contribution in [1.29, 1.82) is 0 Å². The Kier molecular flexibility index (Phi) is 5.38. The first-order valence-corrected chi connectivity index (χ1v) is 7.46. The summed E-state index contributed by atoms with van der Waals surface area (Å²) in [5.74, 6) is 0.177. The highest BCUT2D eigenvalue weighted by Gasteiger charge is 2.23. The summed E-state index contributed by atoms with van der Waals surface area (Å²) in [7, 11) is 0. The highest BCUT2D eigenvalue weighted by molar-refractivity contribution is 6.33. The van der Waals surface area contributed by atoms with Gasteiger partial charge in [0.1, 0.15) is 11.5 Å². The summed E-state index contributed by atoms with van der Waals surface area (Å²) in [6.07, 6.45) is 2.36. The van der Waals surface area contributed by atoms with E-state index >= 15 is 0 Å². The number of hydrogen-bond donors (Lipinski definition) is 3. The van der Waals surface area contributed by atoms with Crippen LogP contribution in [0.15, 0.2) is 12.1 Å². The predicted octanol–water partition coefficient (Wildman–Crippen LogP) is 1.57. The smallest absolute Gasteiger partial charge is 0.271 e. The number of nitrogens with one attached hydrogen (secondary N) is 3. The molecular formula is C14H19ClN4O2. The van der Waals surface area contributed by atoms with Crippen LogP contribution in [0.5, 0.6) is 0 Å². The van der Waals surface area contributed by atoms with E-state index in [1.807, 2.05) is 6.92 Å². The van der Waals surface area contributed by atoms with Crippen molar-refractivity contribution < 1.29 is 9.59 Å². The minimum absolute atomic E-state index is 0.0433. The second-order valence-electron chi connectivity index (χ2n) is 4.90. The van der Waals surface area contributed by atoms with Gasteiger partial charge in [0.05, 0.1) is 5.02 Å². The molecule has 0 bridgehead atoms. The summed E-state index contributed by atoms with van der Waals surface area (Å²) in [5.41, 5.74) is 0.165. The highest BCUT2D eigenvalue weighted by Crippen LogP contribution is 2.18. The molecule has 114 valence electrons. The van der Waals surface area contributed by atoms with E-state index < -0.39 is 0 Å². The molecule has 6 nitrogen and oxygen atoms in total. The van der Waals surface area contributed by atoms with Crippen LogP contribution in [-0.4, -0.2) is 35.9 Å². The Morgan fingerprint density at radius 2 is 2.14 bits per heavy atom. The van der Waals surface area contributed by atoms with Crippen LogP contribution in [-0.2, 0) is 4.79 Å². The van der Waals surface area contributed by atoms with Crippen molar-refractivity contribution in [2.75, 3.05) is 18.4 Å². The van der Waals surface area contributed by atoms with Gasteiger partial charge in [0.25, 0.3) is 5.91 Å². The second kappa shape index (κ2) is 7.26. The van der Waals surface area contributed by atoms with Gasteiger partial charge < -0.3 is 16.0 Å². The Morgan fingerprint density at radius 1 is 1.38 bits per heavy atom. The molecule has 3 N–H and O–H groups in total. The third-order valence-electron chi connectivity index (χ3n) is 3.00. The third-order valence-corrected chi connectivity index (χ3v) is 3.30. The largest absolute Gasteiger partial charge is 0.370 e. The number of aromatic nitrogens is 1. The average Bonchev–Trinajstić information content (AvgIpc) is 3.25. The Morgan fingerprint density at radius 3 is 2.81 bits per heavy atom. The van der Waals surface area contributed by atoms with Crippen molar-refractivity contribution in [1.82, 2.24) is 15.6 Å². The molecule has 1 fully saturated rings. The SMILES string of the molecule is CCNc1ccc(Cl)c(C(=O)NCCC(=O)NC2CC2)n1. The number of amides is 2. The fraction of sp³-hybridized carbons (Fsp3) is 0.500. The van der Waals surface area contributed by atoms with Gasteiger partial charge in [-0.15, -0.1) is 0 Å². The minimum atomic E-state index is -0.376. The first-order valence-electron chi connectivity index (χ1n) is 7.08. The van der Waals surface area contributed by atoms with Crippen LogP contribution < -0.4 is 16.0 Å². The van der Waals surface area contributed by atoms with E-state index in [1.165, 1.54) is 0 Å². The minimum Gasteiger partial charge on any atom is -0.370 e. The van der Waals surface area contributed by atoms with Crippen LogP contribution in [0.1, 0.15) is 36.7 Å². The number of hydrogen-bond acceptors (Lipinski definition) is 4. The zero-order valence-electron chi connectivity index (χ0n) is 11.9. The summed E-state index contributed by atoms with van der Waals surface area (Å²) < 4.78 is 0. The van der Waals surface area contributed by atoms with Crippen LogP contribution in [0, 0.1) is 0 Å². The predicted molar refractivity (Wildman–Crippen MR) is 81.5 cm³/mol. The molecule has 0 atom stereocenters. The number of pyridine rings is 1. The molecule has 1 aromatic rings. The Bertz CT molecular complexity index is 532. The molecule has 1 heterocycles. The molecule has 1 aromatic heterocycles. The summed E-state index contributed by atoms with van der Waals surface area (Å²) >= 11 is 5.98. The summed E-state index contributed by atoms with van der Waals surface area (Å²) in [6, 6.07) is 3.67. The Labute approximate surface area is 128 Å². The molecule has 0 aromatic carbocycles. The zero-order valence-corrected chi connectivity index (χ0v) is 12.7. The quantitative estimate of drug-likeness (QED) is 0.714. The highest BCUT2D eigenvalue weighted by atomic mass is 35.5. The van der Waals surface area contributed by atoms with Crippen molar-refractivity contribution in [2.45, 2.75) is 32.2 Å². The molecule has 1 saturated carbocycles. The molecule has 0 aliphatic heterocycles. The molecule has 0 spiro atoms. The van der Waals surface area contributed by atoms with Crippen LogP contribution >= 0.6 is 11.6 Å². The van der Waals surface area contributed by atoms with Gasteiger partial charge in [0.15, 0.2) is 0 Å². The average molecular weight is 311 g/mol. The van der Waals surface area contributed by atoms with Crippen molar-refractivity contribution in [3.05, 3.63) is 22.8 Å². The molecule has 0 radical (unpaired) electrons. The molecule has 1 aliphatic rings. The van der Waals surface area contributed by atoms with Crippen LogP contribution in [0.2, 0.25) is 5.02 Å². The molecule has 7 heteroatoms. The maximum Gasteiger partial charge on any atom is 0.271 e. The maximum atomic E-state index is 12.0. The summed E-state index contributed by atoms with van der Waals surface area (Å²) in [6.45, 7) is 2.91. The van der Waals surface area contributed by atoms with Crippen LogP contribution in [0.4, 0.5) is 5.82 Å². The lowest BCUT2D eigenvalue weighted by Crippen LogP contribution is -2.32. The fourth-order valence-corrected chi connectivity index (χ4v) is 1.97. The molecule has 0 unspecified atom stereocenters.